The maximum absolute atomic E-state index is 12.3. The smallest absolute Gasteiger partial charge is 0.407 e. The van der Waals surface area contributed by atoms with Crippen LogP contribution in [0.1, 0.15) is 125 Å². The Bertz CT molecular complexity index is 3490. The number of nitrogens with zero attached hydrogens (tertiary/aromatic N) is 7. The molecule has 0 radical (unpaired) electrons. The number of nitrogen functional groups attached to an aromatic ring is 3. The molecule has 622 valence electrons. The van der Waals surface area contributed by atoms with Gasteiger partial charge in [0.05, 0.1) is 51.0 Å². The van der Waals surface area contributed by atoms with Gasteiger partial charge in [0, 0.05) is 161 Å². The number of sulfonamides is 1. The second kappa shape index (κ2) is 64.3. The van der Waals surface area contributed by atoms with Gasteiger partial charge in [-0.2, -0.15) is 4.31 Å². The maximum Gasteiger partial charge on any atom is 0.407 e. The molecule has 28 nitrogen and oxygen atoms in total. The number of hydrogen-bond donors (Lipinski definition) is 7. The van der Waals surface area contributed by atoms with Crippen molar-refractivity contribution in [1.29, 1.82) is 0 Å². The third-order valence-corrected chi connectivity index (χ3v) is 17.8. The molecule has 4 aliphatic heterocycles. The molecule has 4 aliphatic rings. The molecule has 0 saturated carbocycles. The highest BCUT2D eigenvalue weighted by molar-refractivity contribution is 9.08. The first-order valence-corrected chi connectivity index (χ1v) is 36.0. The van der Waals surface area contributed by atoms with E-state index in [1.54, 1.807) is 42.5 Å². The molecule has 0 bridgehead atoms. The molecule has 32 heteroatoms. The Balaban J connectivity index is -0.000000148. The fourth-order valence-corrected chi connectivity index (χ4v) is 11.1. The van der Waals surface area contributed by atoms with Gasteiger partial charge in [0.15, 0.2) is 0 Å². The molecule has 4 fully saturated rings. The van der Waals surface area contributed by atoms with Crippen molar-refractivity contribution in [3.8, 4) is 0 Å². The minimum Gasteiger partial charge on any atom is -0.444 e. The van der Waals surface area contributed by atoms with E-state index in [1.165, 1.54) is 71.5 Å². The Hall–Kier alpha value is -7.50. The summed E-state index contributed by atoms with van der Waals surface area (Å²) in [6.45, 7) is 22.6. The minimum absolute atomic E-state index is 0. The fraction of sp³-hybridized carbons (Fsp3) is 0.513. The number of rotatable bonds is 14. The Morgan fingerprint density at radius 2 is 0.935 bits per heavy atom. The summed E-state index contributed by atoms with van der Waals surface area (Å²) in [4.78, 5) is 47.4. The molecule has 108 heavy (non-hydrogen) atoms. The zero-order chi connectivity index (χ0) is 71.8. The van der Waals surface area contributed by atoms with E-state index in [9.17, 15) is 52.0 Å². The molecule has 4 heterocycles. The first-order valence-electron chi connectivity index (χ1n) is 31.1. The summed E-state index contributed by atoms with van der Waals surface area (Å²) in [6, 6.07) is 39.6. The van der Waals surface area contributed by atoms with Gasteiger partial charge in [-0.25, -0.2) is 21.6 Å². The van der Waals surface area contributed by atoms with E-state index in [0.717, 1.165) is 138 Å². The number of amides is 1. The van der Waals surface area contributed by atoms with Crippen molar-refractivity contribution in [2.24, 2.45) is 5.73 Å². The molecule has 6 aromatic rings. The third kappa shape index (κ3) is 51.8. The molecule has 0 atom stereocenters. The summed E-state index contributed by atoms with van der Waals surface area (Å²) in [5.41, 5.74) is 28.2. The second-order valence-corrected chi connectivity index (χ2v) is 28.0. The van der Waals surface area contributed by atoms with Crippen LogP contribution in [-0.4, -0.2) is 194 Å². The van der Waals surface area contributed by atoms with Gasteiger partial charge in [-0.3, -0.25) is 35.2 Å². The largest absolute Gasteiger partial charge is 0.444 e. The zero-order valence-electron chi connectivity index (χ0n) is 55.6. The number of alkyl carbamates (subject to hydrolysis) is 1. The number of carbonyl (C=O) groups is 1. The number of alkyl halides is 1. The maximum atomic E-state index is 12.3. The van der Waals surface area contributed by atoms with Gasteiger partial charge < -0.3 is 62.9 Å². The van der Waals surface area contributed by atoms with Crippen LogP contribution in [0.5, 0.6) is 0 Å². The number of nitrogens with one attached hydrogen (secondary N) is 3. The van der Waals surface area contributed by atoms with Crippen LogP contribution in [0.2, 0.25) is 0 Å². The second-order valence-electron chi connectivity index (χ2n) is 23.0. The van der Waals surface area contributed by atoms with E-state index in [4.69, 9.17) is 47.8 Å². The summed E-state index contributed by atoms with van der Waals surface area (Å²) in [5.74, 6) is 0. The van der Waals surface area contributed by atoms with Gasteiger partial charge >= 0.3 is 6.09 Å². The fourth-order valence-electron chi connectivity index (χ4n) is 8.50. The van der Waals surface area contributed by atoms with Crippen LogP contribution in [0.25, 0.3) is 0 Å². The lowest BCUT2D eigenvalue weighted by Gasteiger charge is -2.31. The van der Waals surface area contributed by atoms with Crippen molar-refractivity contribution < 1.29 is 50.6 Å². The van der Waals surface area contributed by atoms with Crippen LogP contribution in [0.4, 0.5) is 38.9 Å². The first kappa shape index (κ1) is 119. The number of likely N-dealkylation sites (N-methyl/N-ethyl adjacent to an activating group) is 2. The Labute approximate surface area is 663 Å². The Morgan fingerprint density at radius 3 is 1.32 bits per heavy atom. The van der Waals surface area contributed by atoms with Crippen LogP contribution in [0.3, 0.4) is 0 Å². The minimum atomic E-state index is -3.89. The zero-order valence-corrected chi connectivity index (χ0v) is 59.6. The number of hydrogen-bond acceptors (Lipinski definition) is 23. The number of ether oxygens (including phenoxy) is 3. The van der Waals surface area contributed by atoms with E-state index in [2.05, 4.69) is 65.8 Å². The molecule has 1 amide bonds. The van der Waals surface area contributed by atoms with Crippen LogP contribution >= 0.6 is 26.6 Å². The molecule has 4 saturated heterocycles. The molecule has 0 spiro atoms. The molecular formula is C76H138BrClN14O14S2. The standard InChI is InChI=1S/C13H20N2O2.C11H17N3O2S.C11H16N2O.C8H10N2O2.C7H6BrNO2.C6H4ClNO4S.C5H12N2.C4H9NO.11CH4/c1-13(2,3)17-12(16)15-9-8-10-4-6-11(14)7-5-10;1-13-5-7-14(8-6-13)17(15,16)11-4-2-3-10(12)9-11;12-11-3-1-10(2-4-11)9-13-5-7-14-8-6-13;9-6-5-7-1-3-8(4-2-7)10(11)12;8-5-6-1-3-7(4-2-6)9(10)11;7-13(11,12)6-3-1-2-5(4-6)8(9)10;1-7-4-2-6-3-5-7;1-3-6-4-2-5-1;;;;;;;;;;;/h4-7H,8-9,14H2,1-3H3,(H,15,16);2-4,9H,5-8,12H2,1H3;1-4H,5-9,12H2;1-4H,5-6,9H2;1-4H,5H2;1-4H;6H,2-5H2,1H3;5H,1-4H2;11*1H4. The van der Waals surface area contributed by atoms with Crippen LogP contribution in [0, 0.1) is 30.3 Å². The number of benzene rings is 6. The number of carbonyl (C=O) groups excluding carboxylic acids is 1. The number of nitro benzene ring substituents is 3. The van der Waals surface area contributed by atoms with E-state index < -0.39 is 39.4 Å². The number of nitro groups is 3. The summed E-state index contributed by atoms with van der Waals surface area (Å²) >= 11 is 3.25. The molecule has 6 aromatic carbocycles. The van der Waals surface area contributed by atoms with Crippen molar-refractivity contribution in [1.82, 2.24) is 35.0 Å². The molecule has 0 aliphatic carbocycles. The van der Waals surface area contributed by atoms with Gasteiger partial charge in [0.1, 0.15) is 5.60 Å². The first-order chi connectivity index (χ1) is 46.0. The van der Waals surface area contributed by atoms with Gasteiger partial charge in [0.2, 0.25) is 10.0 Å². The highest BCUT2D eigenvalue weighted by Crippen LogP contribution is 2.22. The molecule has 0 aromatic heterocycles. The van der Waals surface area contributed by atoms with Gasteiger partial charge in [-0.15, -0.1) is 0 Å². The summed E-state index contributed by atoms with van der Waals surface area (Å²) in [7, 11) is 1.86. The average Bonchev–Trinajstić information content (AvgIpc) is 0.808. The summed E-state index contributed by atoms with van der Waals surface area (Å²) < 4.78 is 63.0. The van der Waals surface area contributed by atoms with Gasteiger partial charge in [0.25, 0.3) is 26.1 Å². The van der Waals surface area contributed by atoms with Crippen molar-refractivity contribution in [3.63, 3.8) is 0 Å². The SMILES string of the molecule is C.C.C.C.C.C.C.C.C.C.C.C1COCCN1.CC(C)(C)OC(=O)NCCc1ccc(N)cc1.CN1CCN(S(=O)(=O)c2cccc(N)c2)CC1.CN1CCNCC1.NCCc1ccc([N+](=O)[O-])cc1.Nc1ccc(CN2CCOCC2)cc1.O=[N+]([O-])c1ccc(CBr)cc1.O=[N+]([O-])c1cccc(S(=O)(=O)Cl)c1. The molecule has 11 N–H and O–H groups in total. The van der Waals surface area contributed by atoms with E-state index in [-0.39, 0.29) is 115 Å². The monoisotopic (exact) mass is 1650 g/mol. The summed E-state index contributed by atoms with van der Waals surface area (Å²) in [6.07, 6.45) is 1.14. The van der Waals surface area contributed by atoms with E-state index >= 15 is 0 Å². The molecule has 0 unspecified atom stereocenters. The number of nitrogens with two attached hydrogens (primary N) is 4. The number of piperazine rings is 2. The van der Waals surface area contributed by atoms with Crippen LogP contribution < -0.4 is 38.9 Å². The van der Waals surface area contributed by atoms with Crippen molar-refractivity contribution >= 4 is 85.9 Å². The van der Waals surface area contributed by atoms with Crippen molar-refractivity contribution in [2.75, 3.05) is 149 Å². The lowest BCUT2D eigenvalue weighted by Crippen LogP contribution is -2.47. The summed E-state index contributed by atoms with van der Waals surface area (Å²) in [5, 5.41) is 40.6. The van der Waals surface area contributed by atoms with Crippen molar-refractivity contribution in [3.05, 3.63) is 198 Å². The molecule has 10 rings (SSSR count). The van der Waals surface area contributed by atoms with Crippen LogP contribution in [0.15, 0.2) is 155 Å². The number of halogens is 2. The highest BCUT2D eigenvalue weighted by atomic mass is 79.9. The lowest BCUT2D eigenvalue weighted by molar-refractivity contribution is -0.385. The predicted octanol–water partition coefficient (Wildman–Crippen LogP) is 14.9. The third-order valence-electron chi connectivity index (χ3n) is 13.9. The van der Waals surface area contributed by atoms with Gasteiger partial charge in [-0.05, 0) is 125 Å². The number of morpholine rings is 2. The predicted molar refractivity (Wildman–Crippen MR) is 459 cm³/mol. The number of non-ortho nitro benzene ring substituents is 3. The Kier molecular flexibility index (Phi) is 70.8. The van der Waals surface area contributed by atoms with Crippen LogP contribution in [-0.2, 0) is 58.0 Å². The molecular weight excluding hydrogens is 1510 g/mol. The average molecular weight is 1650 g/mol. The highest BCUT2D eigenvalue weighted by Gasteiger charge is 2.27. The quantitative estimate of drug-likeness (QED) is 0.0175. The normalized spacial score (nSPS) is 13.5. The van der Waals surface area contributed by atoms with E-state index in [0.29, 0.717) is 31.9 Å². The Morgan fingerprint density at radius 1 is 0.528 bits per heavy atom. The topological polar surface area (TPSA) is 396 Å². The van der Waals surface area contributed by atoms with Crippen molar-refractivity contribution in [2.45, 2.75) is 143 Å². The number of anilines is 3. The van der Waals surface area contributed by atoms with Gasteiger partial charge in [-0.1, -0.05) is 158 Å². The van der Waals surface area contributed by atoms with E-state index in [1.807, 2.05) is 64.2 Å². The lowest BCUT2D eigenvalue weighted by atomic mass is 10.1.